The average Bonchev–Trinajstić information content (AvgIpc) is 2.31. The molecule has 1 unspecified atom stereocenters. The summed E-state index contributed by atoms with van der Waals surface area (Å²) in [4.78, 5) is 0. The molecule has 100 valence electrons. The van der Waals surface area contributed by atoms with E-state index >= 15 is 0 Å². The zero-order valence-electron chi connectivity index (χ0n) is 11.3. The maximum absolute atomic E-state index is 6.06. The van der Waals surface area contributed by atoms with E-state index in [1.807, 2.05) is 18.2 Å². The molecule has 4 nitrogen and oxygen atoms in total. The van der Waals surface area contributed by atoms with Gasteiger partial charge in [-0.25, -0.2) is 0 Å². The molecule has 1 aromatic carbocycles. The minimum absolute atomic E-state index is 0.0659. The Morgan fingerprint density at radius 3 is 2.89 bits per heavy atom. The lowest BCUT2D eigenvalue weighted by molar-refractivity contribution is -0.0553. The van der Waals surface area contributed by atoms with Crippen molar-refractivity contribution in [2.75, 3.05) is 24.8 Å². The van der Waals surface area contributed by atoms with Crippen LogP contribution in [0.2, 0.25) is 0 Å². The fourth-order valence-electron chi connectivity index (χ4n) is 2.42. The lowest BCUT2D eigenvalue weighted by atomic mass is 9.93. The minimum Gasteiger partial charge on any atom is -0.495 e. The number of hydrogen-bond acceptors (Lipinski definition) is 4. The first-order chi connectivity index (χ1) is 8.52. The Kier molecular flexibility index (Phi) is 3.66. The van der Waals surface area contributed by atoms with Crippen LogP contribution >= 0.6 is 0 Å². The van der Waals surface area contributed by atoms with Crippen LogP contribution in [0.25, 0.3) is 0 Å². The number of methoxy groups -OCH3 is 1. The molecule has 3 N–H and O–H groups in total. The van der Waals surface area contributed by atoms with Gasteiger partial charge in [-0.3, -0.25) is 0 Å². The molecule has 1 aliphatic heterocycles. The van der Waals surface area contributed by atoms with E-state index in [2.05, 4.69) is 19.2 Å². The number of ether oxygens (including phenoxy) is 2. The first kappa shape index (κ1) is 13.0. The molecule has 4 heteroatoms. The summed E-state index contributed by atoms with van der Waals surface area (Å²) in [6.45, 7) is 5.03. The van der Waals surface area contributed by atoms with Crippen LogP contribution in [0.1, 0.15) is 26.7 Å². The van der Waals surface area contributed by atoms with Gasteiger partial charge in [-0.05, 0) is 38.8 Å². The van der Waals surface area contributed by atoms with Crippen molar-refractivity contribution in [1.82, 2.24) is 0 Å². The summed E-state index contributed by atoms with van der Waals surface area (Å²) in [6, 6.07) is 6.19. The van der Waals surface area contributed by atoms with Crippen LogP contribution in [0.15, 0.2) is 18.2 Å². The second kappa shape index (κ2) is 5.06. The maximum Gasteiger partial charge on any atom is 0.143 e. The first-order valence-corrected chi connectivity index (χ1v) is 6.35. The smallest absolute Gasteiger partial charge is 0.143 e. The third kappa shape index (κ3) is 2.88. The standard InChI is InChI=1S/C14H22N2O2/c1-14(2)9-10(7-8-18-14)16-11-5-4-6-12(17-3)13(11)15/h4-6,10,16H,7-9,15H2,1-3H3. The fourth-order valence-corrected chi connectivity index (χ4v) is 2.42. The van der Waals surface area contributed by atoms with Crippen LogP contribution < -0.4 is 15.8 Å². The van der Waals surface area contributed by atoms with Gasteiger partial charge in [0.15, 0.2) is 0 Å². The number of hydrogen-bond donors (Lipinski definition) is 2. The van der Waals surface area contributed by atoms with Crippen molar-refractivity contribution in [3.05, 3.63) is 18.2 Å². The molecule has 1 fully saturated rings. The Morgan fingerprint density at radius 2 is 2.22 bits per heavy atom. The van der Waals surface area contributed by atoms with E-state index in [4.69, 9.17) is 15.2 Å². The highest BCUT2D eigenvalue weighted by Gasteiger charge is 2.29. The lowest BCUT2D eigenvalue weighted by Crippen LogP contribution is -2.40. The number of rotatable bonds is 3. The van der Waals surface area contributed by atoms with Crippen LogP contribution in [0.4, 0.5) is 11.4 Å². The van der Waals surface area contributed by atoms with Gasteiger partial charge in [-0.1, -0.05) is 6.07 Å². The molecule has 1 atom stereocenters. The van der Waals surface area contributed by atoms with Gasteiger partial charge in [0.2, 0.25) is 0 Å². The molecular weight excluding hydrogens is 228 g/mol. The van der Waals surface area contributed by atoms with E-state index in [-0.39, 0.29) is 5.60 Å². The Hall–Kier alpha value is -1.42. The van der Waals surface area contributed by atoms with Gasteiger partial charge in [0, 0.05) is 12.6 Å². The molecule has 0 spiro atoms. The molecular formula is C14H22N2O2. The molecule has 0 saturated carbocycles. The molecule has 0 amide bonds. The second-order valence-electron chi connectivity index (χ2n) is 5.36. The van der Waals surface area contributed by atoms with E-state index in [0.29, 0.717) is 17.5 Å². The summed E-state index contributed by atoms with van der Waals surface area (Å²) < 4.78 is 10.9. The largest absolute Gasteiger partial charge is 0.495 e. The molecule has 1 heterocycles. The van der Waals surface area contributed by atoms with Crippen molar-refractivity contribution in [3.8, 4) is 5.75 Å². The van der Waals surface area contributed by atoms with Crippen LogP contribution in [0.5, 0.6) is 5.75 Å². The Labute approximate surface area is 108 Å². The number of nitrogens with one attached hydrogen (secondary N) is 1. The Balaban J connectivity index is 2.09. The van der Waals surface area contributed by atoms with Crippen LogP contribution in [0.3, 0.4) is 0 Å². The van der Waals surface area contributed by atoms with E-state index in [1.165, 1.54) is 0 Å². The van der Waals surface area contributed by atoms with Crippen LogP contribution in [0, 0.1) is 0 Å². The molecule has 18 heavy (non-hydrogen) atoms. The van der Waals surface area contributed by atoms with Gasteiger partial charge >= 0.3 is 0 Å². The Morgan fingerprint density at radius 1 is 1.44 bits per heavy atom. The third-order valence-electron chi connectivity index (χ3n) is 3.34. The quantitative estimate of drug-likeness (QED) is 0.810. The summed E-state index contributed by atoms with van der Waals surface area (Å²) in [5, 5.41) is 3.49. The Bertz CT molecular complexity index is 418. The van der Waals surface area contributed by atoms with E-state index in [9.17, 15) is 0 Å². The highest BCUT2D eigenvalue weighted by atomic mass is 16.5. The number of para-hydroxylation sites is 1. The van der Waals surface area contributed by atoms with Gasteiger partial charge < -0.3 is 20.5 Å². The maximum atomic E-state index is 6.06. The fraction of sp³-hybridized carbons (Fsp3) is 0.571. The molecule has 0 bridgehead atoms. The summed E-state index contributed by atoms with van der Waals surface area (Å²) in [7, 11) is 1.63. The van der Waals surface area contributed by atoms with E-state index in [0.717, 1.165) is 25.1 Å². The van der Waals surface area contributed by atoms with Gasteiger partial charge in [-0.2, -0.15) is 0 Å². The molecule has 0 aromatic heterocycles. The number of nitrogens with two attached hydrogens (primary N) is 1. The topological polar surface area (TPSA) is 56.5 Å². The number of nitrogen functional groups attached to an aromatic ring is 1. The van der Waals surface area contributed by atoms with Gasteiger partial charge in [0.05, 0.1) is 24.1 Å². The number of benzene rings is 1. The molecule has 0 radical (unpaired) electrons. The highest BCUT2D eigenvalue weighted by molar-refractivity contribution is 5.73. The van der Waals surface area contributed by atoms with Gasteiger partial charge in [-0.15, -0.1) is 0 Å². The van der Waals surface area contributed by atoms with Crippen molar-refractivity contribution >= 4 is 11.4 Å². The summed E-state index contributed by atoms with van der Waals surface area (Å²) in [5.41, 5.74) is 7.61. The monoisotopic (exact) mass is 250 g/mol. The van der Waals surface area contributed by atoms with Gasteiger partial charge in [0.1, 0.15) is 5.75 Å². The van der Waals surface area contributed by atoms with Crippen LogP contribution in [-0.2, 0) is 4.74 Å². The predicted octanol–water partition coefficient (Wildman–Crippen LogP) is 2.65. The van der Waals surface area contributed by atoms with E-state index < -0.39 is 0 Å². The number of anilines is 2. The van der Waals surface area contributed by atoms with Crippen molar-refractivity contribution in [3.63, 3.8) is 0 Å². The van der Waals surface area contributed by atoms with Gasteiger partial charge in [0.25, 0.3) is 0 Å². The first-order valence-electron chi connectivity index (χ1n) is 6.35. The van der Waals surface area contributed by atoms with Crippen molar-refractivity contribution in [2.24, 2.45) is 0 Å². The molecule has 2 rings (SSSR count). The van der Waals surface area contributed by atoms with Crippen molar-refractivity contribution in [1.29, 1.82) is 0 Å². The molecule has 1 aromatic rings. The molecule has 1 saturated heterocycles. The minimum atomic E-state index is -0.0659. The lowest BCUT2D eigenvalue weighted by Gasteiger charge is -2.36. The SMILES string of the molecule is COc1cccc(NC2CCOC(C)(C)C2)c1N. The second-order valence-corrected chi connectivity index (χ2v) is 5.36. The highest BCUT2D eigenvalue weighted by Crippen LogP contribution is 2.32. The normalized spacial score (nSPS) is 22.5. The summed E-state index contributed by atoms with van der Waals surface area (Å²) in [5.74, 6) is 0.714. The average molecular weight is 250 g/mol. The molecule has 0 aliphatic carbocycles. The predicted molar refractivity (Wildman–Crippen MR) is 74.1 cm³/mol. The summed E-state index contributed by atoms with van der Waals surface area (Å²) >= 11 is 0. The third-order valence-corrected chi connectivity index (χ3v) is 3.34. The zero-order valence-corrected chi connectivity index (χ0v) is 11.3. The van der Waals surface area contributed by atoms with Crippen molar-refractivity contribution < 1.29 is 9.47 Å². The summed E-state index contributed by atoms with van der Waals surface area (Å²) in [6.07, 6.45) is 1.98. The zero-order chi connectivity index (χ0) is 13.2. The van der Waals surface area contributed by atoms with E-state index in [1.54, 1.807) is 7.11 Å². The van der Waals surface area contributed by atoms with Crippen molar-refractivity contribution in [2.45, 2.75) is 38.3 Å². The molecule has 1 aliphatic rings. The van der Waals surface area contributed by atoms with Crippen LogP contribution in [-0.4, -0.2) is 25.4 Å².